The molecule has 0 aromatic carbocycles. The van der Waals surface area contributed by atoms with Crippen molar-refractivity contribution < 1.29 is 4.79 Å². The lowest BCUT2D eigenvalue weighted by molar-refractivity contribution is -0.130. The molecule has 1 atom stereocenters. The molecular weight excluding hydrogens is 140 g/mol. The second-order valence-corrected chi connectivity index (χ2v) is 3.00. The summed E-state index contributed by atoms with van der Waals surface area (Å²) in [5.74, 6) is 0.106. The van der Waals surface area contributed by atoms with Gasteiger partial charge in [0.15, 0.2) is 0 Å². The standard InChI is InChI=1S/C8H16N2O/c1-2-7-4-3-5-10(7)8(11)6-9/h7H,2-6,9H2,1H3. The van der Waals surface area contributed by atoms with Gasteiger partial charge in [0.05, 0.1) is 6.54 Å². The van der Waals surface area contributed by atoms with E-state index in [4.69, 9.17) is 5.73 Å². The molecule has 0 aliphatic carbocycles. The smallest absolute Gasteiger partial charge is 0.236 e. The van der Waals surface area contributed by atoms with Gasteiger partial charge in [-0.2, -0.15) is 0 Å². The van der Waals surface area contributed by atoms with Crippen molar-refractivity contribution in [3.8, 4) is 0 Å². The Hall–Kier alpha value is -0.570. The van der Waals surface area contributed by atoms with Crippen LogP contribution in [0.4, 0.5) is 0 Å². The summed E-state index contributed by atoms with van der Waals surface area (Å²) in [5, 5.41) is 0. The number of carbonyl (C=O) groups excluding carboxylic acids is 1. The zero-order valence-electron chi connectivity index (χ0n) is 7.05. The van der Waals surface area contributed by atoms with E-state index in [1.165, 1.54) is 0 Å². The molecule has 1 fully saturated rings. The minimum atomic E-state index is 0.106. The Bertz CT molecular complexity index is 147. The van der Waals surface area contributed by atoms with Crippen LogP contribution in [0.5, 0.6) is 0 Å². The number of likely N-dealkylation sites (tertiary alicyclic amines) is 1. The molecule has 11 heavy (non-hydrogen) atoms. The average molecular weight is 156 g/mol. The first-order chi connectivity index (χ1) is 5.29. The van der Waals surface area contributed by atoms with Crippen molar-refractivity contribution >= 4 is 5.91 Å². The summed E-state index contributed by atoms with van der Waals surface area (Å²) in [6.07, 6.45) is 3.36. The molecule has 1 aliphatic heterocycles. The number of hydrogen-bond donors (Lipinski definition) is 1. The molecular formula is C8H16N2O. The van der Waals surface area contributed by atoms with Crippen LogP contribution in [0.25, 0.3) is 0 Å². The first kappa shape index (κ1) is 8.53. The first-order valence-corrected chi connectivity index (χ1v) is 4.29. The second kappa shape index (κ2) is 3.72. The molecule has 1 amide bonds. The van der Waals surface area contributed by atoms with E-state index in [1.54, 1.807) is 0 Å². The second-order valence-electron chi connectivity index (χ2n) is 3.00. The Labute approximate surface area is 67.5 Å². The highest BCUT2D eigenvalue weighted by molar-refractivity contribution is 5.78. The van der Waals surface area contributed by atoms with E-state index in [2.05, 4.69) is 6.92 Å². The third-order valence-electron chi connectivity index (χ3n) is 2.34. The zero-order valence-corrected chi connectivity index (χ0v) is 7.05. The fourth-order valence-electron chi connectivity index (χ4n) is 1.71. The van der Waals surface area contributed by atoms with Gasteiger partial charge in [-0.1, -0.05) is 6.92 Å². The van der Waals surface area contributed by atoms with Crippen LogP contribution < -0.4 is 5.73 Å². The Morgan fingerprint density at radius 2 is 2.45 bits per heavy atom. The van der Waals surface area contributed by atoms with E-state index in [-0.39, 0.29) is 12.5 Å². The summed E-state index contributed by atoms with van der Waals surface area (Å²) >= 11 is 0. The number of nitrogens with two attached hydrogens (primary N) is 1. The summed E-state index contributed by atoms with van der Waals surface area (Å²) in [5.41, 5.74) is 5.28. The molecule has 0 radical (unpaired) electrons. The minimum absolute atomic E-state index is 0.106. The van der Waals surface area contributed by atoms with E-state index < -0.39 is 0 Å². The molecule has 3 nitrogen and oxygen atoms in total. The minimum Gasteiger partial charge on any atom is -0.339 e. The zero-order chi connectivity index (χ0) is 8.27. The lowest BCUT2D eigenvalue weighted by Crippen LogP contribution is -2.39. The van der Waals surface area contributed by atoms with Crippen molar-refractivity contribution in [3.63, 3.8) is 0 Å². The average Bonchev–Trinajstić information content (AvgIpc) is 2.50. The van der Waals surface area contributed by atoms with Crippen molar-refractivity contribution in [2.24, 2.45) is 5.73 Å². The van der Waals surface area contributed by atoms with Gasteiger partial charge in [0, 0.05) is 12.6 Å². The van der Waals surface area contributed by atoms with Crippen LogP contribution in [0.1, 0.15) is 26.2 Å². The van der Waals surface area contributed by atoms with Crippen molar-refractivity contribution in [2.45, 2.75) is 32.2 Å². The van der Waals surface area contributed by atoms with Crippen LogP contribution in [0, 0.1) is 0 Å². The van der Waals surface area contributed by atoms with Gasteiger partial charge in [0.1, 0.15) is 0 Å². The van der Waals surface area contributed by atoms with Crippen LogP contribution >= 0.6 is 0 Å². The number of hydrogen-bond acceptors (Lipinski definition) is 2. The van der Waals surface area contributed by atoms with Gasteiger partial charge in [-0.3, -0.25) is 4.79 Å². The van der Waals surface area contributed by atoms with Crippen LogP contribution in [0.3, 0.4) is 0 Å². The van der Waals surface area contributed by atoms with E-state index in [0.29, 0.717) is 6.04 Å². The summed E-state index contributed by atoms with van der Waals surface area (Å²) < 4.78 is 0. The molecule has 1 unspecified atom stereocenters. The molecule has 0 bridgehead atoms. The summed E-state index contributed by atoms with van der Waals surface area (Å²) in [4.78, 5) is 13.1. The van der Waals surface area contributed by atoms with Gasteiger partial charge in [-0.15, -0.1) is 0 Å². The third-order valence-corrected chi connectivity index (χ3v) is 2.34. The van der Waals surface area contributed by atoms with Gasteiger partial charge < -0.3 is 10.6 Å². The molecule has 1 heterocycles. The lowest BCUT2D eigenvalue weighted by Gasteiger charge is -2.22. The van der Waals surface area contributed by atoms with Crippen LogP contribution in [0.2, 0.25) is 0 Å². The third kappa shape index (κ3) is 1.71. The molecule has 0 spiro atoms. The predicted octanol–water partition coefficient (Wildman–Crippen LogP) is 0.346. The molecule has 3 heteroatoms. The SMILES string of the molecule is CCC1CCCN1C(=O)CN. The van der Waals surface area contributed by atoms with Crippen LogP contribution in [0.15, 0.2) is 0 Å². The quantitative estimate of drug-likeness (QED) is 0.627. The number of amides is 1. The van der Waals surface area contributed by atoms with Crippen LogP contribution in [-0.2, 0) is 4.79 Å². The molecule has 0 aromatic heterocycles. The molecule has 64 valence electrons. The molecule has 0 saturated carbocycles. The first-order valence-electron chi connectivity index (χ1n) is 4.29. The highest BCUT2D eigenvalue weighted by atomic mass is 16.2. The van der Waals surface area contributed by atoms with Gasteiger partial charge in [0.2, 0.25) is 5.91 Å². The number of rotatable bonds is 2. The normalized spacial score (nSPS) is 24.2. The molecule has 1 saturated heterocycles. The summed E-state index contributed by atoms with van der Waals surface area (Å²) in [6.45, 7) is 3.19. The molecule has 0 aromatic rings. The fraction of sp³-hybridized carbons (Fsp3) is 0.875. The fourth-order valence-corrected chi connectivity index (χ4v) is 1.71. The van der Waals surface area contributed by atoms with Gasteiger partial charge >= 0.3 is 0 Å². The topological polar surface area (TPSA) is 46.3 Å². The van der Waals surface area contributed by atoms with E-state index in [1.807, 2.05) is 4.90 Å². The van der Waals surface area contributed by atoms with Crippen molar-refractivity contribution in [2.75, 3.05) is 13.1 Å². The highest BCUT2D eigenvalue weighted by Crippen LogP contribution is 2.19. The van der Waals surface area contributed by atoms with Crippen molar-refractivity contribution in [1.82, 2.24) is 4.90 Å². The summed E-state index contributed by atoms with van der Waals surface area (Å²) in [6, 6.07) is 0.464. The Morgan fingerprint density at radius 1 is 1.73 bits per heavy atom. The summed E-state index contributed by atoms with van der Waals surface area (Å²) in [7, 11) is 0. The molecule has 1 rings (SSSR count). The van der Waals surface area contributed by atoms with Crippen molar-refractivity contribution in [1.29, 1.82) is 0 Å². The maximum Gasteiger partial charge on any atom is 0.236 e. The Balaban J connectivity index is 2.49. The van der Waals surface area contributed by atoms with Gasteiger partial charge in [-0.25, -0.2) is 0 Å². The van der Waals surface area contributed by atoms with E-state index in [0.717, 1.165) is 25.8 Å². The predicted molar refractivity (Wildman–Crippen MR) is 44.1 cm³/mol. The Morgan fingerprint density at radius 3 is 3.00 bits per heavy atom. The number of nitrogens with zero attached hydrogens (tertiary/aromatic N) is 1. The van der Waals surface area contributed by atoms with Gasteiger partial charge in [-0.05, 0) is 19.3 Å². The largest absolute Gasteiger partial charge is 0.339 e. The van der Waals surface area contributed by atoms with E-state index >= 15 is 0 Å². The lowest BCUT2D eigenvalue weighted by atomic mass is 10.2. The van der Waals surface area contributed by atoms with Crippen LogP contribution in [-0.4, -0.2) is 29.9 Å². The van der Waals surface area contributed by atoms with Crippen molar-refractivity contribution in [3.05, 3.63) is 0 Å². The molecule has 2 N–H and O–H groups in total. The number of carbonyl (C=O) groups is 1. The monoisotopic (exact) mass is 156 g/mol. The maximum absolute atomic E-state index is 11.2. The maximum atomic E-state index is 11.2. The molecule has 1 aliphatic rings. The van der Waals surface area contributed by atoms with E-state index in [9.17, 15) is 4.79 Å². The Kier molecular flexibility index (Phi) is 2.88. The van der Waals surface area contributed by atoms with Gasteiger partial charge in [0.25, 0.3) is 0 Å². The highest BCUT2D eigenvalue weighted by Gasteiger charge is 2.25.